The molecule has 0 unspecified atom stereocenters. The lowest BCUT2D eigenvalue weighted by Gasteiger charge is -1.98. The summed E-state index contributed by atoms with van der Waals surface area (Å²) in [4.78, 5) is 20.5. The molecule has 0 aromatic carbocycles. The Labute approximate surface area is 110 Å². The van der Waals surface area contributed by atoms with Crippen molar-refractivity contribution in [2.45, 2.75) is 39.5 Å². The number of carbonyl (C=O) groups is 2. The molecule has 6 N–H and O–H groups in total. The second-order valence-electron chi connectivity index (χ2n) is 3.96. The van der Waals surface area contributed by atoms with E-state index < -0.39 is 0 Å². The van der Waals surface area contributed by atoms with Gasteiger partial charge < -0.3 is 22.1 Å². The van der Waals surface area contributed by atoms with Crippen molar-refractivity contribution in [3.63, 3.8) is 0 Å². The van der Waals surface area contributed by atoms with Gasteiger partial charge in [-0.3, -0.25) is 9.59 Å². The highest BCUT2D eigenvalue weighted by molar-refractivity contribution is 5.72. The molecule has 0 fully saturated rings. The van der Waals surface area contributed by atoms with Gasteiger partial charge in [-0.25, -0.2) is 0 Å². The van der Waals surface area contributed by atoms with Gasteiger partial charge in [0.05, 0.1) is 0 Å². The molecule has 0 heterocycles. The second-order valence-corrected chi connectivity index (χ2v) is 3.96. The molecule has 0 aliphatic rings. The molecule has 0 aromatic heterocycles. The summed E-state index contributed by atoms with van der Waals surface area (Å²) in [5.74, 6) is 0.0686. The largest absolute Gasteiger partial charge is 0.356 e. The lowest BCUT2D eigenvalue weighted by molar-refractivity contribution is -0.119. The van der Waals surface area contributed by atoms with E-state index in [4.69, 9.17) is 11.5 Å². The van der Waals surface area contributed by atoms with E-state index in [2.05, 4.69) is 10.6 Å². The topological polar surface area (TPSA) is 110 Å². The predicted octanol–water partition coefficient (Wildman–Crippen LogP) is -0.277. The molecular weight excluding hydrogens is 232 g/mol. The summed E-state index contributed by atoms with van der Waals surface area (Å²) in [5.41, 5.74) is 10.5. The highest BCUT2D eigenvalue weighted by Gasteiger charge is 1.88. The van der Waals surface area contributed by atoms with E-state index in [1.165, 1.54) is 13.8 Å². The predicted molar refractivity (Wildman–Crippen MR) is 73.9 cm³/mol. The molecule has 0 bridgehead atoms. The summed E-state index contributed by atoms with van der Waals surface area (Å²) in [5, 5.41) is 5.37. The molecule has 18 heavy (non-hydrogen) atoms. The highest BCUT2D eigenvalue weighted by Crippen LogP contribution is 1.81. The Morgan fingerprint density at radius 2 is 1.11 bits per heavy atom. The molecule has 0 rings (SSSR count). The van der Waals surface area contributed by atoms with Crippen molar-refractivity contribution in [2.75, 3.05) is 26.2 Å². The lowest BCUT2D eigenvalue weighted by atomic mass is 10.3. The zero-order chi connectivity index (χ0) is 14.2. The number of carbonyl (C=O) groups excluding carboxylic acids is 2. The summed E-state index contributed by atoms with van der Waals surface area (Å²) in [6.07, 6.45) is 3.94. The fraction of sp³-hybridized carbons (Fsp3) is 0.833. The van der Waals surface area contributed by atoms with Gasteiger partial charge in [-0.1, -0.05) is 0 Å². The average molecular weight is 260 g/mol. The highest BCUT2D eigenvalue weighted by atomic mass is 16.1. The molecule has 0 saturated carbocycles. The van der Waals surface area contributed by atoms with Gasteiger partial charge in [0.2, 0.25) is 11.8 Å². The van der Waals surface area contributed by atoms with Crippen LogP contribution < -0.4 is 22.1 Å². The van der Waals surface area contributed by atoms with Crippen LogP contribution in [0.3, 0.4) is 0 Å². The molecule has 0 atom stereocenters. The summed E-state index contributed by atoms with van der Waals surface area (Å²) in [6.45, 7) is 5.96. The number of hydrogen-bond acceptors (Lipinski definition) is 4. The summed E-state index contributed by atoms with van der Waals surface area (Å²) < 4.78 is 0. The smallest absolute Gasteiger partial charge is 0.216 e. The van der Waals surface area contributed by atoms with Crippen molar-refractivity contribution in [1.82, 2.24) is 10.6 Å². The molecular formula is C12H28N4O2. The third-order valence-electron chi connectivity index (χ3n) is 2.01. The van der Waals surface area contributed by atoms with Gasteiger partial charge in [-0.05, 0) is 38.8 Å². The van der Waals surface area contributed by atoms with Gasteiger partial charge in [0.25, 0.3) is 0 Å². The van der Waals surface area contributed by atoms with Crippen molar-refractivity contribution in [3.05, 3.63) is 0 Å². The lowest BCUT2D eigenvalue weighted by Crippen LogP contribution is -2.21. The van der Waals surface area contributed by atoms with Crippen molar-refractivity contribution >= 4 is 11.8 Å². The van der Waals surface area contributed by atoms with Crippen LogP contribution in [0.1, 0.15) is 39.5 Å². The Balaban J connectivity index is 0. The molecule has 0 radical (unpaired) electrons. The molecule has 6 heteroatoms. The Kier molecular flexibility index (Phi) is 16.9. The molecule has 0 saturated heterocycles. The molecule has 2 amide bonds. The van der Waals surface area contributed by atoms with E-state index in [1.54, 1.807) is 0 Å². The number of nitrogens with two attached hydrogens (primary N) is 2. The Morgan fingerprint density at radius 1 is 0.778 bits per heavy atom. The van der Waals surface area contributed by atoms with Crippen LogP contribution in [0.25, 0.3) is 0 Å². The van der Waals surface area contributed by atoms with Crippen LogP contribution in [0.2, 0.25) is 0 Å². The van der Waals surface area contributed by atoms with Crippen LogP contribution in [0, 0.1) is 0 Å². The fourth-order valence-corrected chi connectivity index (χ4v) is 1.07. The van der Waals surface area contributed by atoms with Gasteiger partial charge in [0.1, 0.15) is 0 Å². The fourth-order valence-electron chi connectivity index (χ4n) is 1.07. The maximum absolute atomic E-state index is 10.3. The summed E-state index contributed by atoms with van der Waals surface area (Å²) in [6, 6.07) is 0. The minimum Gasteiger partial charge on any atom is -0.356 e. The van der Waals surface area contributed by atoms with Gasteiger partial charge in [-0.2, -0.15) is 0 Å². The van der Waals surface area contributed by atoms with Gasteiger partial charge in [0.15, 0.2) is 0 Å². The SMILES string of the molecule is CC(=O)NCCCCN.CC(=O)NCCCCN. The summed E-state index contributed by atoms with van der Waals surface area (Å²) in [7, 11) is 0. The first-order chi connectivity index (χ1) is 8.54. The molecule has 108 valence electrons. The first kappa shape index (κ1) is 19.2. The van der Waals surface area contributed by atoms with Gasteiger partial charge in [0, 0.05) is 26.9 Å². The third kappa shape index (κ3) is 24.2. The quantitative estimate of drug-likeness (QED) is 0.450. The van der Waals surface area contributed by atoms with Crippen molar-refractivity contribution in [3.8, 4) is 0 Å². The van der Waals surface area contributed by atoms with Crippen molar-refractivity contribution in [1.29, 1.82) is 0 Å². The normalized spacial score (nSPS) is 9.11. The average Bonchev–Trinajstić information content (AvgIpc) is 2.31. The number of hydrogen-bond donors (Lipinski definition) is 4. The maximum Gasteiger partial charge on any atom is 0.216 e. The van der Waals surface area contributed by atoms with Crippen LogP contribution in [0.5, 0.6) is 0 Å². The van der Waals surface area contributed by atoms with E-state index in [-0.39, 0.29) is 11.8 Å². The van der Waals surface area contributed by atoms with E-state index in [0.717, 1.165) is 38.8 Å². The first-order valence-electron chi connectivity index (χ1n) is 6.43. The Hall–Kier alpha value is -1.14. The van der Waals surface area contributed by atoms with Crippen LogP contribution in [0.4, 0.5) is 0 Å². The summed E-state index contributed by atoms with van der Waals surface area (Å²) >= 11 is 0. The minimum absolute atomic E-state index is 0.0343. The van der Waals surface area contributed by atoms with Crippen LogP contribution >= 0.6 is 0 Å². The van der Waals surface area contributed by atoms with E-state index >= 15 is 0 Å². The zero-order valence-corrected chi connectivity index (χ0v) is 11.6. The van der Waals surface area contributed by atoms with E-state index in [1.807, 2.05) is 0 Å². The van der Waals surface area contributed by atoms with Gasteiger partial charge >= 0.3 is 0 Å². The second kappa shape index (κ2) is 15.9. The van der Waals surface area contributed by atoms with Crippen molar-refractivity contribution < 1.29 is 9.59 Å². The monoisotopic (exact) mass is 260 g/mol. The number of amides is 2. The molecule has 0 aliphatic heterocycles. The molecule has 0 aliphatic carbocycles. The van der Waals surface area contributed by atoms with Crippen LogP contribution in [-0.2, 0) is 9.59 Å². The minimum atomic E-state index is 0.0343. The van der Waals surface area contributed by atoms with Crippen LogP contribution in [-0.4, -0.2) is 38.0 Å². The van der Waals surface area contributed by atoms with Gasteiger partial charge in [-0.15, -0.1) is 0 Å². The van der Waals surface area contributed by atoms with E-state index in [0.29, 0.717) is 13.1 Å². The standard InChI is InChI=1S/2C6H14N2O/c2*1-6(9)8-5-3-2-4-7/h2*2-5,7H2,1H3,(H,8,9). The molecule has 0 spiro atoms. The van der Waals surface area contributed by atoms with Crippen LogP contribution in [0.15, 0.2) is 0 Å². The Morgan fingerprint density at radius 3 is 1.33 bits per heavy atom. The molecule has 6 nitrogen and oxygen atoms in total. The number of unbranched alkanes of at least 4 members (excludes halogenated alkanes) is 2. The zero-order valence-electron chi connectivity index (χ0n) is 11.6. The maximum atomic E-state index is 10.3. The van der Waals surface area contributed by atoms with Crippen molar-refractivity contribution in [2.24, 2.45) is 11.5 Å². The Bertz CT molecular complexity index is 188. The number of nitrogens with one attached hydrogen (secondary N) is 2. The number of rotatable bonds is 8. The van der Waals surface area contributed by atoms with E-state index in [9.17, 15) is 9.59 Å². The third-order valence-corrected chi connectivity index (χ3v) is 2.01. The first-order valence-corrected chi connectivity index (χ1v) is 6.43. The molecule has 0 aromatic rings.